The smallest absolute Gasteiger partial charge is 0.248 e. The van der Waals surface area contributed by atoms with E-state index < -0.39 is 12.0 Å². The van der Waals surface area contributed by atoms with Crippen molar-refractivity contribution in [1.82, 2.24) is 20.5 Å². The molecule has 0 bridgehead atoms. The van der Waals surface area contributed by atoms with Crippen LogP contribution in [0.1, 0.15) is 56.1 Å². The number of nitriles is 1. The lowest BCUT2D eigenvalue weighted by Gasteiger charge is -2.26. The summed E-state index contributed by atoms with van der Waals surface area (Å²) in [5, 5.41) is 15.6. The van der Waals surface area contributed by atoms with Gasteiger partial charge in [0.2, 0.25) is 17.7 Å². The highest BCUT2D eigenvalue weighted by Crippen LogP contribution is 2.35. The maximum Gasteiger partial charge on any atom is 0.248 e. The zero-order valence-corrected chi connectivity index (χ0v) is 23.0. The molecule has 214 valence electrons. The second-order valence-corrected chi connectivity index (χ2v) is 11.4. The Bertz CT molecular complexity index is 1170. The van der Waals surface area contributed by atoms with E-state index in [1.54, 1.807) is 6.20 Å². The van der Waals surface area contributed by atoms with Crippen molar-refractivity contribution in [2.75, 3.05) is 46.0 Å². The number of hydrogen-bond donors (Lipinski definition) is 2. The Morgan fingerprint density at radius 2 is 2.08 bits per heavy atom. The number of Topliss-reactive ketones (excluding diaryl/α,β-unsaturated/α-hetero) is 1. The number of ether oxygens (including phenoxy) is 2. The van der Waals surface area contributed by atoms with Gasteiger partial charge in [0.1, 0.15) is 6.61 Å². The van der Waals surface area contributed by atoms with Crippen molar-refractivity contribution in [3.05, 3.63) is 29.0 Å². The van der Waals surface area contributed by atoms with Crippen molar-refractivity contribution in [1.29, 1.82) is 5.26 Å². The van der Waals surface area contributed by atoms with Crippen LogP contribution in [0.2, 0.25) is 0 Å². The predicted molar refractivity (Wildman–Crippen MR) is 147 cm³/mol. The summed E-state index contributed by atoms with van der Waals surface area (Å²) >= 11 is 0. The standard InChI is InChI=1S/C30H39N5O5/c31-19-21(14-23-2-1-6-32-28(23)37)16-27(36)26(15-20-3-4-20)34-29(38)24-17-22-5-7-33-30(25(22)18-24)40-13-10-35-8-11-39-12-9-35/h5,7,18,20-21,23,26H,1-4,6,8-17H2,(H,32,37)(H,34,38)/t21-,23+,26+/m1/s1. The number of rotatable bonds is 13. The largest absolute Gasteiger partial charge is 0.476 e. The number of ketones is 1. The molecule has 10 heteroatoms. The molecular weight excluding hydrogens is 510 g/mol. The molecule has 3 fully saturated rings. The van der Waals surface area contributed by atoms with Crippen LogP contribution < -0.4 is 15.4 Å². The van der Waals surface area contributed by atoms with Crippen LogP contribution in [-0.2, 0) is 25.5 Å². The third kappa shape index (κ3) is 7.46. The number of carbonyl (C=O) groups excluding carboxylic acids is 3. The van der Waals surface area contributed by atoms with Crippen LogP contribution in [0, 0.1) is 29.1 Å². The van der Waals surface area contributed by atoms with Gasteiger partial charge in [0.05, 0.1) is 31.2 Å². The number of amides is 2. The van der Waals surface area contributed by atoms with Gasteiger partial charge >= 0.3 is 0 Å². The molecule has 0 aromatic carbocycles. The highest BCUT2D eigenvalue weighted by Gasteiger charge is 2.34. The van der Waals surface area contributed by atoms with Crippen LogP contribution in [0.4, 0.5) is 0 Å². The first-order chi connectivity index (χ1) is 19.5. The summed E-state index contributed by atoms with van der Waals surface area (Å²) in [6, 6.07) is 3.49. The van der Waals surface area contributed by atoms with Gasteiger partial charge in [-0.05, 0) is 49.3 Å². The normalized spacial score (nSPS) is 22.3. The predicted octanol–water partition coefficient (Wildman–Crippen LogP) is 2.03. The number of hydrogen-bond acceptors (Lipinski definition) is 8. The molecule has 0 spiro atoms. The van der Waals surface area contributed by atoms with Gasteiger partial charge in [0, 0.05) is 62.3 Å². The van der Waals surface area contributed by atoms with Crippen LogP contribution in [0.5, 0.6) is 5.88 Å². The van der Waals surface area contributed by atoms with Gasteiger partial charge in [-0.2, -0.15) is 5.26 Å². The maximum atomic E-state index is 13.3. The molecule has 1 aromatic rings. The summed E-state index contributed by atoms with van der Waals surface area (Å²) in [7, 11) is 0. The van der Waals surface area contributed by atoms with Gasteiger partial charge in [-0.3, -0.25) is 19.3 Å². The minimum absolute atomic E-state index is 0.0338. The Morgan fingerprint density at radius 3 is 2.83 bits per heavy atom. The van der Waals surface area contributed by atoms with E-state index in [9.17, 15) is 19.6 Å². The third-order valence-corrected chi connectivity index (χ3v) is 8.34. The summed E-state index contributed by atoms with van der Waals surface area (Å²) in [6.07, 6.45) is 8.70. The van der Waals surface area contributed by atoms with Crippen molar-refractivity contribution in [2.45, 2.75) is 57.4 Å². The summed E-state index contributed by atoms with van der Waals surface area (Å²) < 4.78 is 11.4. The van der Waals surface area contributed by atoms with Crippen molar-refractivity contribution in [2.24, 2.45) is 17.8 Å². The van der Waals surface area contributed by atoms with E-state index in [1.807, 2.05) is 12.1 Å². The highest BCUT2D eigenvalue weighted by molar-refractivity contribution is 6.03. The van der Waals surface area contributed by atoms with Crippen LogP contribution in [0.3, 0.4) is 0 Å². The van der Waals surface area contributed by atoms with E-state index in [0.29, 0.717) is 49.8 Å². The Kier molecular flexibility index (Phi) is 9.45. The Labute approximate surface area is 235 Å². The van der Waals surface area contributed by atoms with E-state index >= 15 is 0 Å². The first kappa shape index (κ1) is 28.2. The molecule has 1 aromatic heterocycles. The van der Waals surface area contributed by atoms with E-state index in [1.165, 1.54) is 0 Å². The van der Waals surface area contributed by atoms with E-state index in [-0.39, 0.29) is 29.9 Å². The Morgan fingerprint density at radius 1 is 1.25 bits per heavy atom. The van der Waals surface area contributed by atoms with Crippen molar-refractivity contribution in [3.63, 3.8) is 0 Å². The Hall–Kier alpha value is -3.29. The lowest BCUT2D eigenvalue weighted by atomic mass is 9.85. The maximum absolute atomic E-state index is 13.3. The summed E-state index contributed by atoms with van der Waals surface area (Å²) in [5.74, 6) is -0.273. The number of pyridine rings is 1. The number of piperidine rings is 1. The fourth-order valence-electron chi connectivity index (χ4n) is 5.77. The minimum atomic E-state index is -0.636. The average molecular weight is 550 g/mol. The molecule has 0 radical (unpaired) electrons. The monoisotopic (exact) mass is 549 g/mol. The summed E-state index contributed by atoms with van der Waals surface area (Å²) in [5.41, 5.74) is 2.36. The van der Waals surface area contributed by atoms with Crippen LogP contribution in [0.15, 0.2) is 17.8 Å². The van der Waals surface area contributed by atoms with Crippen LogP contribution in [-0.4, -0.2) is 79.5 Å². The quantitative estimate of drug-likeness (QED) is 0.382. The SMILES string of the molecule is N#C[C@@H](CC(=O)[C@H](CC1CC1)NC(=O)C1=Cc2c(ccnc2OCCN2CCOCC2)C1)C[C@@H]1CCCNC1=O. The average Bonchev–Trinajstić information content (AvgIpc) is 3.68. The number of fused-ring (bicyclic) bond motifs is 1. The van der Waals surface area contributed by atoms with Gasteiger partial charge in [-0.25, -0.2) is 4.98 Å². The summed E-state index contributed by atoms with van der Waals surface area (Å²) in [6.45, 7) is 5.20. The second-order valence-electron chi connectivity index (χ2n) is 11.4. The molecule has 40 heavy (non-hydrogen) atoms. The zero-order chi connectivity index (χ0) is 27.9. The van der Waals surface area contributed by atoms with Gasteiger partial charge < -0.3 is 20.1 Å². The molecule has 2 aliphatic heterocycles. The number of nitrogens with one attached hydrogen (secondary N) is 2. The first-order valence-corrected chi connectivity index (χ1v) is 14.6. The molecule has 0 unspecified atom stereocenters. The molecule has 1 saturated carbocycles. The molecule has 4 aliphatic rings. The van der Waals surface area contributed by atoms with Crippen LogP contribution >= 0.6 is 0 Å². The minimum Gasteiger partial charge on any atom is -0.476 e. The molecule has 2 aliphatic carbocycles. The zero-order valence-electron chi connectivity index (χ0n) is 23.0. The van der Waals surface area contributed by atoms with Crippen molar-refractivity contribution in [3.8, 4) is 11.9 Å². The van der Waals surface area contributed by atoms with E-state index in [0.717, 1.165) is 69.7 Å². The summed E-state index contributed by atoms with van der Waals surface area (Å²) in [4.78, 5) is 45.6. The molecule has 3 atom stereocenters. The van der Waals surface area contributed by atoms with Gasteiger partial charge in [-0.15, -0.1) is 0 Å². The number of morpholine rings is 1. The number of carbonyl (C=O) groups is 3. The highest BCUT2D eigenvalue weighted by atomic mass is 16.5. The van der Waals surface area contributed by atoms with Gasteiger partial charge in [0.15, 0.2) is 5.78 Å². The fraction of sp³-hybridized carbons (Fsp3) is 0.633. The fourth-order valence-corrected chi connectivity index (χ4v) is 5.77. The van der Waals surface area contributed by atoms with Crippen molar-refractivity contribution < 1.29 is 23.9 Å². The lowest BCUT2D eigenvalue weighted by Crippen LogP contribution is -2.43. The molecule has 2 saturated heterocycles. The van der Waals surface area contributed by atoms with Gasteiger partial charge in [0.25, 0.3) is 0 Å². The first-order valence-electron chi connectivity index (χ1n) is 14.6. The molecule has 2 N–H and O–H groups in total. The molecule has 10 nitrogen and oxygen atoms in total. The topological polar surface area (TPSA) is 134 Å². The third-order valence-electron chi connectivity index (χ3n) is 8.34. The number of nitrogens with zero attached hydrogens (tertiary/aromatic N) is 3. The molecule has 3 heterocycles. The molecule has 2 amide bonds. The van der Waals surface area contributed by atoms with Crippen LogP contribution in [0.25, 0.3) is 6.08 Å². The van der Waals surface area contributed by atoms with E-state index in [2.05, 4.69) is 26.6 Å². The molecule has 5 rings (SSSR count). The van der Waals surface area contributed by atoms with Crippen molar-refractivity contribution >= 4 is 23.7 Å². The Balaban J connectivity index is 1.18. The van der Waals surface area contributed by atoms with Gasteiger partial charge in [-0.1, -0.05) is 12.8 Å². The number of aromatic nitrogens is 1. The second kappa shape index (κ2) is 13.4. The molecular formula is C30H39N5O5. The van der Waals surface area contributed by atoms with E-state index in [4.69, 9.17) is 9.47 Å². The lowest BCUT2D eigenvalue weighted by molar-refractivity contribution is -0.128.